The molecule has 1 aromatic heterocycles. The molecule has 1 amide bonds. The summed E-state index contributed by atoms with van der Waals surface area (Å²) in [5.41, 5.74) is 5.01. The predicted octanol–water partition coefficient (Wildman–Crippen LogP) is 0.905. The highest BCUT2D eigenvalue weighted by atomic mass is 35.5. The van der Waals surface area contributed by atoms with Gasteiger partial charge in [-0.05, 0) is 12.8 Å². The molecule has 2 rings (SSSR count). The molecule has 1 aliphatic rings. The Hall–Kier alpha value is -1.36. The Labute approximate surface area is 92.0 Å². The van der Waals surface area contributed by atoms with Gasteiger partial charge in [0.1, 0.15) is 16.8 Å². The van der Waals surface area contributed by atoms with Crippen LogP contribution in [0.3, 0.4) is 0 Å². The number of aromatic nitrogens is 2. The Balaban J connectivity index is 2.12. The van der Waals surface area contributed by atoms with Crippen molar-refractivity contribution in [3.8, 4) is 0 Å². The Morgan fingerprint density at radius 3 is 2.93 bits per heavy atom. The maximum atomic E-state index is 10.6. The third-order valence-corrected chi connectivity index (χ3v) is 2.29. The molecule has 1 heterocycles. The SMILES string of the molecule is NC(=O)CNc1cc(Cl)nc(C2CC2)n1. The van der Waals surface area contributed by atoms with Crippen LogP contribution < -0.4 is 11.1 Å². The normalized spacial score (nSPS) is 15.0. The van der Waals surface area contributed by atoms with Crippen LogP contribution in [0.2, 0.25) is 5.15 Å². The van der Waals surface area contributed by atoms with Crippen LogP contribution in [-0.2, 0) is 4.79 Å². The second-order valence-corrected chi connectivity index (χ2v) is 3.92. The lowest BCUT2D eigenvalue weighted by Crippen LogP contribution is -2.22. The molecule has 0 spiro atoms. The molecular formula is C9H11ClN4O. The van der Waals surface area contributed by atoms with Gasteiger partial charge in [0.2, 0.25) is 5.91 Å². The molecule has 6 heteroatoms. The lowest BCUT2D eigenvalue weighted by Gasteiger charge is -2.05. The van der Waals surface area contributed by atoms with Gasteiger partial charge >= 0.3 is 0 Å². The molecule has 0 unspecified atom stereocenters. The van der Waals surface area contributed by atoms with Crippen LogP contribution in [-0.4, -0.2) is 22.4 Å². The van der Waals surface area contributed by atoms with Gasteiger partial charge in [0.05, 0.1) is 6.54 Å². The van der Waals surface area contributed by atoms with Gasteiger partial charge < -0.3 is 11.1 Å². The number of carbonyl (C=O) groups is 1. The number of hydrogen-bond acceptors (Lipinski definition) is 4. The summed E-state index contributed by atoms with van der Waals surface area (Å²) in [6, 6.07) is 1.58. The van der Waals surface area contributed by atoms with Gasteiger partial charge in [0.15, 0.2) is 0 Å². The van der Waals surface area contributed by atoms with Crippen molar-refractivity contribution in [1.29, 1.82) is 0 Å². The van der Waals surface area contributed by atoms with Crippen molar-refractivity contribution in [3.63, 3.8) is 0 Å². The third-order valence-electron chi connectivity index (χ3n) is 2.10. The molecule has 1 saturated carbocycles. The van der Waals surface area contributed by atoms with Crippen molar-refractivity contribution in [1.82, 2.24) is 9.97 Å². The summed E-state index contributed by atoms with van der Waals surface area (Å²) in [5, 5.41) is 3.19. The number of rotatable bonds is 4. The van der Waals surface area contributed by atoms with Gasteiger partial charge in [0.25, 0.3) is 0 Å². The Morgan fingerprint density at radius 1 is 1.60 bits per heavy atom. The average molecular weight is 227 g/mol. The summed E-state index contributed by atoms with van der Waals surface area (Å²) >= 11 is 5.83. The number of carbonyl (C=O) groups excluding carboxylic acids is 1. The van der Waals surface area contributed by atoms with Crippen molar-refractivity contribution in [2.24, 2.45) is 5.73 Å². The van der Waals surface area contributed by atoms with Gasteiger partial charge in [-0.3, -0.25) is 4.79 Å². The third kappa shape index (κ3) is 2.79. The second kappa shape index (κ2) is 4.02. The number of amides is 1. The van der Waals surface area contributed by atoms with Crippen LogP contribution >= 0.6 is 11.6 Å². The molecule has 15 heavy (non-hydrogen) atoms. The zero-order valence-electron chi connectivity index (χ0n) is 8.03. The van der Waals surface area contributed by atoms with Crippen LogP contribution in [0.5, 0.6) is 0 Å². The van der Waals surface area contributed by atoms with Crippen molar-refractivity contribution >= 4 is 23.3 Å². The number of nitrogens with one attached hydrogen (secondary N) is 1. The number of anilines is 1. The Kier molecular flexibility index (Phi) is 2.73. The second-order valence-electron chi connectivity index (χ2n) is 3.53. The molecule has 0 aliphatic heterocycles. The van der Waals surface area contributed by atoms with E-state index in [0.717, 1.165) is 18.7 Å². The Bertz CT molecular complexity index is 392. The van der Waals surface area contributed by atoms with Gasteiger partial charge in [0, 0.05) is 12.0 Å². The smallest absolute Gasteiger partial charge is 0.236 e. The number of nitrogens with zero attached hydrogens (tertiary/aromatic N) is 2. The summed E-state index contributed by atoms with van der Waals surface area (Å²) in [6.45, 7) is 0.0530. The van der Waals surface area contributed by atoms with Gasteiger partial charge in [-0.15, -0.1) is 0 Å². The van der Waals surface area contributed by atoms with E-state index in [1.165, 1.54) is 0 Å². The standard InChI is InChI=1S/C9H11ClN4O/c10-6-3-8(12-4-7(11)15)14-9(13-6)5-1-2-5/h3,5H,1-2,4H2,(H2,11,15)(H,12,13,14). The fraction of sp³-hybridized carbons (Fsp3) is 0.444. The molecule has 3 N–H and O–H groups in total. The van der Waals surface area contributed by atoms with E-state index < -0.39 is 5.91 Å². The topological polar surface area (TPSA) is 80.9 Å². The van der Waals surface area contributed by atoms with E-state index in [1.807, 2.05) is 0 Å². The first-order valence-corrected chi connectivity index (χ1v) is 5.09. The van der Waals surface area contributed by atoms with E-state index >= 15 is 0 Å². The van der Waals surface area contributed by atoms with Crippen LogP contribution in [0.15, 0.2) is 6.07 Å². The van der Waals surface area contributed by atoms with Gasteiger partial charge in [-0.2, -0.15) is 0 Å². The van der Waals surface area contributed by atoms with Gasteiger partial charge in [-0.1, -0.05) is 11.6 Å². The summed E-state index contributed by atoms with van der Waals surface area (Å²) in [6.07, 6.45) is 2.21. The zero-order chi connectivity index (χ0) is 10.8. The Morgan fingerprint density at radius 2 is 2.33 bits per heavy atom. The van der Waals surface area contributed by atoms with Crippen LogP contribution in [0, 0.1) is 0 Å². The first-order valence-electron chi connectivity index (χ1n) is 4.72. The molecule has 0 bridgehead atoms. The molecule has 0 saturated heterocycles. The van der Waals surface area contributed by atoms with E-state index in [2.05, 4.69) is 15.3 Å². The maximum Gasteiger partial charge on any atom is 0.236 e. The number of halogens is 1. The summed E-state index contributed by atoms with van der Waals surface area (Å²) in [5.74, 6) is 1.29. The van der Waals surface area contributed by atoms with Crippen molar-refractivity contribution < 1.29 is 4.79 Å². The fourth-order valence-electron chi connectivity index (χ4n) is 1.23. The molecule has 5 nitrogen and oxygen atoms in total. The first kappa shape index (κ1) is 10.2. The minimum atomic E-state index is -0.433. The van der Waals surface area contributed by atoms with E-state index in [9.17, 15) is 4.79 Å². The van der Waals surface area contributed by atoms with E-state index in [0.29, 0.717) is 16.9 Å². The van der Waals surface area contributed by atoms with E-state index in [-0.39, 0.29) is 6.54 Å². The molecule has 0 radical (unpaired) electrons. The molecule has 1 fully saturated rings. The first-order chi connectivity index (χ1) is 7.15. The number of primary amides is 1. The van der Waals surface area contributed by atoms with Crippen LogP contribution in [0.25, 0.3) is 0 Å². The molecule has 80 valence electrons. The highest BCUT2D eigenvalue weighted by molar-refractivity contribution is 6.29. The number of nitrogens with two attached hydrogens (primary N) is 1. The molecule has 1 aliphatic carbocycles. The van der Waals surface area contributed by atoms with E-state index in [1.54, 1.807) is 6.07 Å². The monoisotopic (exact) mass is 226 g/mol. The average Bonchev–Trinajstić information content (AvgIpc) is 2.97. The van der Waals surface area contributed by atoms with Crippen molar-refractivity contribution in [2.45, 2.75) is 18.8 Å². The molecular weight excluding hydrogens is 216 g/mol. The molecule has 0 aromatic carbocycles. The highest BCUT2D eigenvalue weighted by Crippen LogP contribution is 2.38. The lowest BCUT2D eigenvalue weighted by atomic mass is 10.4. The van der Waals surface area contributed by atoms with Crippen LogP contribution in [0.1, 0.15) is 24.6 Å². The van der Waals surface area contributed by atoms with E-state index in [4.69, 9.17) is 17.3 Å². The summed E-state index contributed by atoms with van der Waals surface area (Å²) in [7, 11) is 0. The highest BCUT2D eigenvalue weighted by Gasteiger charge is 2.27. The lowest BCUT2D eigenvalue weighted by molar-refractivity contribution is -0.116. The maximum absolute atomic E-state index is 10.6. The summed E-state index contributed by atoms with van der Waals surface area (Å²) in [4.78, 5) is 18.9. The van der Waals surface area contributed by atoms with Crippen LogP contribution in [0.4, 0.5) is 5.82 Å². The van der Waals surface area contributed by atoms with Gasteiger partial charge in [-0.25, -0.2) is 9.97 Å². The largest absolute Gasteiger partial charge is 0.368 e. The number of hydrogen-bond donors (Lipinski definition) is 2. The minimum absolute atomic E-state index is 0.0530. The van der Waals surface area contributed by atoms with Crippen molar-refractivity contribution in [3.05, 3.63) is 17.0 Å². The summed E-state index contributed by atoms with van der Waals surface area (Å²) < 4.78 is 0. The fourth-order valence-corrected chi connectivity index (χ4v) is 1.42. The quantitative estimate of drug-likeness (QED) is 0.748. The predicted molar refractivity (Wildman–Crippen MR) is 56.7 cm³/mol. The van der Waals surface area contributed by atoms with Crippen molar-refractivity contribution in [2.75, 3.05) is 11.9 Å². The molecule has 1 aromatic rings. The zero-order valence-corrected chi connectivity index (χ0v) is 8.79. The molecule has 0 atom stereocenters. The minimum Gasteiger partial charge on any atom is -0.368 e.